The Morgan fingerprint density at radius 1 is 1.06 bits per heavy atom. The number of benzene rings is 2. The summed E-state index contributed by atoms with van der Waals surface area (Å²) in [6.45, 7) is 4.75. The number of nitrogens with one attached hydrogen (secondary N) is 1. The van der Waals surface area contributed by atoms with Crippen LogP contribution in [0.15, 0.2) is 40.8 Å². The van der Waals surface area contributed by atoms with E-state index in [1.165, 1.54) is 37.8 Å². The van der Waals surface area contributed by atoms with Crippen molar-refractivity contribution in [3.8, 4) is 5.75 Å². The molecular weight excluding hydrogens is 445 g/mol. The highest BCUT2D eigenvalue weighted by molar-refractivity contribution is 6.14. The number of halogens is 3. The molecule has 0 unspecified atom stereocenters. The van der Waals surface area contributed by atoms with Crippen molar-refractivity contribution in [3.63, 3.8) is 0 Å². The van der Waals surface area contributed by atoms with Crippen LogP contribution in [0.3, 0.4) is 0 Å². The first-order chi connectivity index (χ1) is 16.2. The predicted molar refractivity (Wildman–Crippen MR) is 125 cm³/mol. The van der Waals surface area contributed by atoms with E-state index in [0.29, 0.717) is 28.7 Å². The van der Waals surface area contributed by atoms with Crippen molar-refractivity contribution >= 4 is 22.6 Å². The van der Waals surface area contributed by atoms with Crippen LogP contribution in [0.5, 0.6) is 5.75 Å². The number of aryl methyl sites for hydroxylation is 2. The number of nitrogens with zero attached hydrogens (tertiary/aromatic N) is 1. The smallest absolute Gasteiger partial charge is 0.416 e. The largest absolute Gasteiger partial charge is 0.508 e. The molecule has 1 aliphatic rings. The van der Waals surface area contributed by atoms with E-state index >= 15 is 0 Å². The molecule has 1 aromatic heterocycles. The molecule has 5 nitrogen and oxygen atoms in total. The molecule has 0 bridgehead atoms. The lowest BCUT2D eigenvalue weighted by Crippen LogP contribution is -2.26. The lowest BCUT2D eigenvalue weighted by atomic mass is 9.99. The Morgan fingerprint density at radius 2 is 1.74 bits per heavy atom. The van der Waals surface area contributed by atoms with Crippen LogP contribution in [-0.4, -0.2) is 35.5 Å². The van der Waals surface area contributed by atoms with Crippen LogP contribution in [0, 0.1) is 6.92 Å². The number of phenols is 1. The Labute approximate surface area is 196 Å². The van der Waals surface area contributed by atoms with Gasteiger partial charge in [-0.25, -0.2) is 0 Å². The molecule has 0 saturated carbocycles. The van der Waals surface area contributed by atoms with Crippen molar-refractivity contribution in [2.24, 2.45) is 0 Å². The van der Waals surface area contributed by atoms with Crippen LogP contribution in [0.2, 0.25) is 0 Å². The van der Waals surface area contributed by atoms with Crippen LogP contribution in [-0.2, 0) is 12.6 Å². The van der Waals surface area contributed by atoms with Gasteiger partial charge in [0.15, 0.2) is 0 Å². The maximum absolute atomic E-state index is 13.1. The number of phenolic OH excluding ortho intramolecular Hbond substituents is 1. The normalized spacial score (nSPS) is 15.4. The highest BCUT2D eigenvalue weighted by Gasteiger charge is 2.30. The van der Waals surface area contributed by atoms with E-state index in [2.05, 4.69) is 10.2 Å². The fourth-order valence-corrected chi connectivity index (χ4v) is 4.67. The minimum atomic E-state index is -4.44. The third-order valence-electron chi connectivity index (χ3n) is 6.41. The first kappa shape index (κ1) is 24.1. The lowest BCUT2D eigenvalue weighted by Gasteiger charge is -2.19. The Bertz CT molecular complexity index is 1140. The van der Waals surface area contributed by atoms with Crippen molar-refractivity contribution in [2.45, 2.75) is 51.6 Å². The number of carbonyl (C=O) groups is 1. The van der Waals surface area contributed by atoms with E-state index in [1.54, 1.807) is 19.1 Å². The standard InChI is InChI=1S/C26H29F3N2O3/c1-17-23(25(33)30-19-10-8-18(9-11-19)26(27,28)29)24-20(21(32)12-13-22(24)34-17)7-6-16-31-14-4-2-3-5-15-31/h8-13,32H,2-7,14-16H2,1H3,(H,30,33). The van der Waals surface area contributed by atoms with Gasteiger partial charge in [-0.15, -0.1) is 0 Å². The second kappa shape index (κ2) is 10.1. The van der Waals surface area contributed by atoms with Gasteiger partial charge in [-0.3, -0.25) is 4.79 Å². The fraction of sp³-hybridized carbons (Fsp3) is 0.423. The molecule has 0 spiro atoms. The van der Waals surface area contributed by atoms with Crippen molar-refractivity contribution in [3.05, 3.63) is 58.8 Å². The van der Waals surface area contributed by atoms with Gasteiger partial charge in [-0.2, -0.15) is 13.2 Å². The maximum Gasteiger partial charge on any atom is 0.416 e. The van der Waals surface area contributed by atoms with E-state index in [0.717, 1.165) is 38.2 Å². The number of alkyl halides is 3. The van der Waals surface area contributed by atoms with Crippen molar-refractivity contribution in [1.82, 2.24) is 4.90 Å². The Kier molecular flexibility index (Phi) is 7.16. The van der Waals surface area contributed by atoms with Gasteiger partial charge >= 0.3 is 6.18 Å². The number of hydrogen-bond donors (Lipinski definition) is 2. The van der Waals surface area contributed by atoms with E-state index < -0.39 is 17.6 Å². The quantitative estimate of drug-likeness (QED) is 0.427. The van der Waals surface area contributed by atoms with E-state index in [9.17, 15) is 23.1 Å². The molecule has 1 amide bonds. The number of hydrogen-bond acceptors (Lipinski definition) is 4. The molecule has 3 aromatic rings. The number of likely N-dealkylation sites (tertiary alicyclic amines) is 1. The summed E-state index contributed by atoms with van der Waals surface area (Å²) in [6, 6.07) is 7.50. The van der Waals surface area contributed by atoms with Gasteiger partial charge in [-0.05, 0) is 88.6 Å². The van der Waals surface area contributed by atoms with Gasteiger partial charge in [0, 0.05) is 16.6 Å². The van der Waals surface area contributed by atoms with Gasteiger partial charge < -0.3 is 19.7 Å². The van der Waals surface area contributed by atoms with Crippen molar-refractivity contribution in [2.75, 3.05) is 25.0 Å². The number of anilines is 1. The number of carbonyl (C=O) groups excluding carboxylic acids is 1. The minimum Gasteiger partial charge on any atom is -0.508 e. The molecule has 4 rings (SSSR count). The molecule has 2 N–H and O–H groups in total. The second-order valence-electron chi connectivity index (χ2n) is 8.86. The van der Waals surface area contributed by atoms with Crippen LogP contribution in [0.25, 0.3) is 11.0 Å². The number of aromatic hydroxyl groups is 1. The summed E-state index contributed by atoms with van der Waals surface area (Å²) in [5.74, 6) is 0.00176. The summed E-state index contributed by atoms with van der Waals surface area (Å²) in [7, 11) is 0. The summed E-state index contributed by atoms with van der Waals surface area (Å²) < 4.78 is 44.3. The highest BCUT2D eigenvalue weighted by atomic mass is 19.4. The molecule has 0 radical (unpaired) electrons. The molecule has 2 heterocycles. The maximum atomic E-state index is 13.1. The zero-order valence-corrected chi connectivity index (χ0v) is 19.2. The molecule has 0 aliphatic carbocycles. The van der Waals surface area contributed by atoms with Crippen molar-refractivity contribution < 1.29 is 27.5 Å². The third kappa shape index (κ3) is 5.38. The Morgan fingerprint density at radius 3 is 2.38 bits per heavy atom. The minimum absolute atomic E-state index is 0.104. The molecule has 1 aliphatic heterocycles. The SMILES string of the molecule is Cc1oc2ccc(O)c(CCCN3CCCCCC3)c2c1C(=O)Nc1ccc(C(F)(F)F)cc1. The zero-order valence-electron chi connectivity index (χ0n) is 19.2. The average molecular weight is 475 g/mol. The molecule has 34 heavy (non-hydrogen) atoms. The summed E-state index contributed by atoms with van der Waals surface area (Å²) in [6.07, 6.45) is 1.91. The topological polar surface area (TPSA) is 65.7 Å². The Balaban J connectivity index is 1.55. The number of amides is 1. The molecule has 0 atom stereocenters. The zero-order chi connectivity index (χ0) is 24.3. The molecule has 2 aromatic carbocycles. The lowest BCUT2D eigenvalue weighted by molar-refractivity contribution is -0.137. The summed E-state index contributed by atoms with van der Waals surface area (Å²) in [5, 5.41) is 13.8. The van der Waals surface area contributed by atoms with E-state index in [4.69, 9.17) is 4.42 Å². The monoisotopic (exact) mass is 474 g/mol. The average Bonchev–Trinajstić information content (AvgIpc) is 2.94. The first-order valence-electron chi connectivity index (χ1n) is 11.7. The van der Waals surface area contributed by atoms with Gasteiger partial charge in [0.25, 0.3) is 5.91 Å². The van der Waals surface area contributed by atoms with Crippen LogP contribution >= 0.6 is 0 Å². The van der Waals surface area contributed by atoms with Gasteiger partial charge in [0.1, 0.15) is 17.1 Å². The third-order valence-corrected chi connectivity index (χ3v) is 6.41. The second-order valence-corrected chi connectivity index (χ2v) is 8.86. The van der Waals surface area contributed by atoms with Crippen molar-refractivity contribution in [1.29, 1.82) is 0 Å². The van der Waals surface area contributed by atoms with Crippen LogP contribution in [0.1, 0.15) is 59.3 Å². The molecule has 1 saturated heterocycles. The van der Waals surface area contributed by atoms with Crippen LogP contribution in [0.4, 0.5) is 18.9 Å². The van der Waals surface area contributed by atoms with E-state index in [-0.39, 0.29) is 17.0 Å². The van der Waals surface area contributed by atoms with Gasteiger partial charge in [-0.1, -0.05) is 12.8 Å². The Hall–Kier alpha value is -3.00. The molecule has 8 heteroatoms. The van der Waals surface area contributed by atoms with E-state index in [1.807, 2.05) is 0 Å². The fourth-order valence-electron chi connectivity index (χ4n) is 4.67. The number of furan rings is 1. The van der Waals surface area contributed by atoms with Gasteiger partial charge in [0.2, 0.25) is 0 Å². The number of rotatable bonds is 6. The first-order valence-corrected chi connectivity index (χ1v) is 11.7. The summed E-state index contributed by atoms with van der Waals surface area (Å²) >= 11 is 0. The van der Waals surface area contributed by atoms with Gasteiger partial charge in [0.05, 0.1) is 11.1 Å². The molecule has 182 valence electrons. The molecule has 1 fully saturated rings. The number of fused-ring (bicyclic) bond motifs is 1. The summed E-state index contributed by atoms with van der Waals surface area (Å²) in [5.41, 5.74) is 0.900. The predicted octanol–water partition coefficient (Wildman–Crippen LogP) is 6.53. The van der Waals surface area contributed by atoms with Crippen LogP contribution < -0.4 is 5.32 Å². The highest BCUT2D eigenvalue weighted by Crippen LogP contribution is 2.35. The summed E-state index contributed by atoms with van der Waals surface area (Å²) in [4.78, 5) is 15.6. The molecular formula is C26H29F3N2O3.